The third-order valence-electron chi connectivity index (χ3n) is 4.40. The van der Waals surface area contributed by atoms with Crippen LogP contribution >= 0.6 is 15.9 Å². The van der Waals surface area contributed by atoms with Crippen LogP contribution in [0.1, 0.15) is 44.6 Å². The van der Waals surface area contributed by atoms with Gasteiger partial charge in [-0.1, -0.05) is 25.8 Å². The third-order valence-corrected chi connectivity index (χ3v) is 5.02. The van der Waals surface area contributed by atoms with E-state index < -0.39 is 0 Å². The van der Waals surface area contributed by atoms with Gasteiger partial charge in [0.25, 0.3) is 0 Å². The second-order valence-corrected chi connectivity index (χ2v) is 6.91. The lowest BCUT2D eigenvalue weighted by molar-refractivity contribution is 0.0662. The fourth-order valence-corrected chi connectivity index (χ4v) is 3.81. The molecule has 0 radical (unpaired) electrons. The smallest absolute Gasteiger partial charge is 0.133 e. The molecule has 1 aromatic rings. The van der Waals surface area contributed by atoms with Crippen molar-refractivity contribution in [2.75, 3.05) is 6.54 Å². The minimum atomic E-state index is 0.268. The molecule has 1 aromatic carbocycles. The summed E-state index contributed by atoms with van der Waals surface area (Å²) < 4.78 is 7.34. The molecule has 3 atom stereocenters. The number of rotatable bonds is 5. The molecule has 1 saturated carbocycles. The fourth-order valence-electron chi connectivity index (χ4n) is 3.22. The predicted molar refractivity (Wildman–Crippen MR) is 88.1 cm³/mol. The maximum Gasteiger partial charge on any atom is 0.133 e. The van der Waals surface area contributed by atoms with Crippen molar-refractivity contribution in [3.63, 3.8) is 0 Å². The van der Waals surface area contributed by atoms with E-state index >= 15 is 0 Å². The van der Waals surface area contributed by atoms with Crippen molar-refractivity contribution in [3.05, 3.63) is 28.2 Å². The molecule has 3 unspecified atom stereocenters. The number of hydrogen-bond donors (Lipinski definition) is 1. The fraction of sp³-hybridized carbons (Fsp3) is 0.647. The number of halogens is 1. The Labute approximate surface area is 131 Å². The zero-order valence-corrected chi connectivity index (χ0v) is 14.2. The Morgan fingerprint density at radius 1 is 1.35 bits per heavy atom. The lowest BCUT2D eigenvalue weighted by Crippen LogP contribution is -2.38. The number of ether oxygens (including phenoxy) is 1. The van der Waals surface area contributed by atoms with Crippen LogP contribution in [-0.4, -0.2) is 12.6 Å². The van der Waals surface area contributed by atoms with Gasteiger partial charge in [-0.05, 0) is 72.3 Å². The highest BCUT2D eigenvalue weighted by molar-refractivity contribution is 9.10. The molecule has 0 aromatic heterocycles. The summed E-state index contributed by atoms with van der Waals surface area (Å²) in [7, 11) is 0. The number of aryl methyl sites for hydroxylation is 1. The lowest BCUT2D eigenvalue weighted by Gasteiger charge is -2.36. The van der Waals surface area contributed by atoms with E-state index in [4.69, 9.17) is 10.5 Å². The summed E-state index contributed by atoms with van der Waals surface area (Å²) in [5, 5.41) is 0. The summed E-state index contributed by atoms with van der Waals surface area (Å²) >= 11 is 3.61. The summed E-state index contributed by atoms with van der Waals surface area (Å²) in [6.07, 6.45) is 6.51. The molecule has 3 heteroatoms. The molecule has 0 spiro atoms. The molecule has 2 nitrogen and oxygen atoms in total. The van der Waals surface area contributed by atoms with Crippen LogP contribution in [0.3, 0.4) is 0 Å². The Hall–Kier alpha value is -0.540. The van der Waals surface area contributed by atoms with Gasteiger partial charge in [0.05, 0.1) is 4.47 Å². The van der Waals surface area contributed by atoms with E-state index in [1.54, 1.807) is 0 Å². The van der Waals surface area contributed by atoms with E-state index in [2.05, 4.69) is 48.0 Å². The number of benzene rings is 1. The van der Waals surface area contributed by atoms with Crippen LogP contribution in [0.2, 0.25) is 0 Å². The van der Waals surface area contributed by atoms with Crippen molar-refractivity contribution in [2.24, 2.45) is 17.6 Å². The Morgan fingerprint density at radius 2 is 2.15 bits per heavy atom. The number of hydrogen-bond acceptors (Lipinski definition) is 2. The summed E-state index contributed by atoms with van der Waals surface area (Å²) in [6, 6.07) is 6.28. The molecule has 2 N–H and O–H groups in total. The van der Waals surface area contributed by atoms with E-state index in [1.807, 2.05) is 0 Å². The van der Waals surface area contributed by atoms with Gasteiger partial charge in [0, 0.05) is 5.92 Å². The molecule has 1 fully saturated rings. The molecule has 2 rings (SSSR count). The second-order valence-electron chi connectivity index (χ2n) is 6.05. The van der Waals surface area contributed by atoms with Gasteiger partial charge in [0.15, 0.2) is 0 Å². The largest absolute Gasteiger partial charge is 0.489 e. The second kappa shape index (κ2) is 7.46. The van der Waals surface area contributed by atoms with E-state index in [-0.39, 0.29) is 6.10 Å². The molecular formula is C17H26BrNO. The van der Waals surface area contributed by atoms with E-state index in [9.17, 15) is 0 Å². The average Bonchev–Trinajstić information content (AvgIpc) is 2.43. The lowest BCUT2D eigenvalue weighted by atomic mass is 9.78. The third kappa shape index (κ3) is 3.98. The van der Waals surface area contributed by atoms with Crippen molar-refractivity contribution in [1.29, 1.82) is 0 Å². The van der Waals surface area contributed by atoms with Crippen LogP contribution in [0.5, 0.6) is 5.75 Å². The average molecular weight is 340 g/mol. The van der Waals surface area contributed by atoms with Gasteiger partial charge in [0.1, 0.15) is 11.9 Å². The van der Waals surface area contributed by atoms with Crippen LogP contribution in [0, 0.1) is 18.8 Å². The topological polar surface area (TPSA) is 35.2 Å². The normalized spacial score (nSPS) is 26.5. The van der Waals surface area contributed by atoms with E-state index in [1.165, 1.54) is 31.2 Å². The molecule has 1 aliphatic carbocycles. The van der Waals surface area contributed by atoms with Gasteiger partial charge >= 0.3 is 0 Å². The zero-order valence-electron chi connectivity index (χ0n) is 12.6. The molecule has 0 bridgehead atoms. The van der Waals surface area contributed by atoms with Gasteiger partial charge in [-0.15, -0.1) is 0 Å². The molecule has 0 saturated heterocycles. The highest BCUT2D eigenvalue weighted by Crippen LogP contribution is 2.36. The maximum absolute atomic E-state index is 6.29. The van der Waals surface area contributed by atoms with Crippen molar-refractivity contribution in [1.82, 2.24) is 0 Å². The first-order valence-corrected chi connectivity index (χ1v) is 8.56. The highest BCUT2D eigenvalue weighted by Gasteiger charge is 2.31. The Bertz CT molecular complexity index is 435. The minimum Gasteiger partial charge on any atom is -0.489 e. The molecule has 0 amide bonds. The van der Waals surface area contributed by atoms with Crippen LogP contribution < -0.4 is 10.5 Å². The molecule has 0 heterocycles. The SMILES string of the molecule is CCCC1CCC(CN)C(Oc2ccc(C)cc2Br)C1. The van der Waals surface area contributed by atoms with Gasteiger partial charge in [-0.3, -0.25) is 0 Å². The minimum absolute atomic E-state index is 0.268. The molecule has 0 aliphatic heterocycles. The summed E-state index contributed by atoms with van der Waals surface area (Å²) in [5.41, 5.74) is 7.18. The van der Waals surface area contributed by atoms with E-state index in [0.717, 1.165) is 29.1 Å². The molecule has 1 aliphatic rings. The van der Waals surface area contributed by atoms with Crippen molar-refractivity contribution in [2.45, 2.75) is 52.1 Å². The first-order chi connectivity index (χ1) is 9.63. The van der Waals surface area contributed by atoms with Crippen molar-refractivity contribution >= 4 is 15.9 Å². The highest BCUT2D eigenvalue weighted by atomic mass is 79.9. The summed E-state index contributed by atoms with van der Waals surface area (Å²) in [4.78, 5) is 0. The quantitative estimate of drug-likeness (QED) is 0.845. The van der Waals surface area contributed by atoms with Crippen molar-refractivity contribution < 1.29 is 4.74 Å². The Morgan fingerprint density at radius 3 is 2.80 bits per heavy atom. The standard InChI is InChI=1S/C17H26BrNO/c1-3-4-13-6-7-14(11-19)17(10-13)20-16-8-5-12(2)9-15(16)18/h5,8-9,13-14,17H,3-4,6-7,10-11,19H2,1-2H3. The molecular weight excluding hydrogens is 314 g/mol. The zero-order chi connectivity index (χ0) is 14.5. The van der Waals surface area contributed by atoms with Crippen LogP contribution in [0.4, 0.5) is 0 Å². The van der Waals surface area contributed by atoms with Gasteiger partial charge < -0.3 is 10.5 Å². The summed E-state index contributed by atoms with van der Waals surface area (Å²) in [6.45, 7) is 5.09. The summed E-state index contributed by atoms with van der Waals surface area (Å²) in [5.74, 6) is 2.25. The Balaban J connectivity index is 2.07. The first kappa shape index (κ1) is 15.8. The Kier molecular flexibility index (Phi) is 5.91. The molecule has 20 heavy (non-hydrogen) atoms. The first-order valence-electron chi connectivity index (χ1n) is 7.77. The molecule has 112 valence electrons. The maximum atomic E-state index is 6.29. The van der Waals surface area contributed by atoms with Gasteiger partial charge in [-0.25, -0.2) is 0 Å². The number of nitrogens with two attached hydrogens (primary N) is 1. The van der Waals surface area contributed by atoms with Crippen LogP contribution in [0.15, 0.2) is 22.7 Å². The van der Waals surface area contributed by atoms with Gasteiger partial charge in [-0.2, -0.15) is 0 Å². The van der Waals surface area contributed by atoms with E-state index in [0.29, 0.717) is 5.92 Å². The monoisotopic (exact) mass is 339 g/mol. The predicted octanol–water partition coefficient (Wildman–Crippen LogP) is 4.68. The van der Waals surface area contributed by atoms with Crippen LogP contribution in [0.25, 0.3) is 0 Å². The van der Waals surface area contributed by atoms with Crippen molar-refractivity contribution in [3.8, 4) is 5.75 Å². The van der Waals surface area contributed by atoms with Gasteiger partial charge in [0.2, 0.25) is 0 Å². The van der Waals surface area contributed by atoms with Crippen LogP contribution in [-0.2, 0) is 0 Å².